The Kier molecular flexibility index (Phi) is 5.21. The van der Waals surface area contributed by atoms with Gasteiger partial charge in [-0.25, -0.2) is 30.4 Å². The topological polar surface area (TPSA) is 52.6 Å². The van der Waals surface area contributed by atoms with Crippen molar-refractivity contribution in [3.63, 3.8) is 0 Å². The van der Waals surface area contributed by atoms with Gasteiger partial charge in [-0.1, -0.05) is 0 Å². The molecule has 0 saturated carbocycles. The average molecular weight is 382 g/mol. The number of hydrogen-bond acceptors (Lipinski definition) is 4. The maximum atomic E-state index is 13.9. The Balaban J connectivity index is 2.47. The van der Waals surface area contributed by atoms with Crippen LogP contribution in [-0.2, 0) is 16.4 Å². The van der Waals surface area contributed by atoms with Gasteiger partial charge >= 0.3 is 0 Å². The Bertz CT molecular complexity index is 928. The highest BCUT2D eigenvalue weighted by molar-refractivity contribution is 7.90. The zero-order chi connectivity index (χ0) is 18.9. The molecule has 0 saturated heterocycles. The number of benzene rings is 2. The third-order valence-corrected chi connectivity index (χ3v) is 4.36. The van der Waals surface area contributed by atoms with Crippen molar-refractivity contribution in [2.75, 3.05) is 13.4 Å². The molecule has 0 unspecified atom stereocenters. The Morgan fingerprint density at radius 1 is 0.960 bits per heavy atom. The molecule has 136 valence electrons. The summed E-state index contributed by atoms with van der Waals surface area (Å²) in [6.45, 7) is -0.978. The van der Waals surface area contributed by atoms with Crippen LogP contribution >= 0.6 is 0 Å². The first-order chi connectivity index (χ1) is 11.6. The minimum absolute atomic E-state index is 0.116. The molecule has 0 heterocycles. The van der Waals surface area contributed by atoms with Gasteiger partial charge in [-0.15, -0.1) is 0 Å². The molecular formula is C15H11F5O4S. The first kappa shape index (κ1) is 19.0. The summed E-state index contributed by atoms with van der Waals surface area (Å²) in [6, 6.07) is 3.22. The molecule has 0 atom stereocenters. The minimum atomic E-state index is -4.44. The van der Waals surface area contributed by atoms with Gasteiger partial charge in [0.05, 0.1) is 7.11 Å². The molecule has 0 aliphatic heterocycles. The Hall–Kier alpha value is -2.36. The van der Waals surface area contributed by atoms with Crippen molar-refractivity contribution in [2.45, 2.75) is 11.5 Å². The van der Waals surface area contributed by atoms with E-state index in [0.717, 1.165) is 6.07 Å². The summed E-state index contributed by atoms with van der Waals surface area (Å²) in [6.07, 6.45) is 0.499. The molecule has 10 heteroatoms. The van der Waals surface area contributed by atoms with Gasteiger partial charge in [0.25, 0.3) is 0 Å². The molecule has 0 fully saturated rings. The third kappa shape index (κ3) is 3.68. The fourth-order valence-electron chi connectivity index (χ4n) is 2.06. The summed E-state index contributed by atoms with van der Waals surface area (Å²) >= 11 is 0. The number of rotatable bonds is 5. The van der Waals surface area contributed by atoms with Crippen LogP contribution in [-0.4, -0.2) is 21.8 Å². The fraction of sp³-hybridized carbons (Fsp3) is 0.200. The quantitative estimate of drug-likeness (QED) is 0.344. The van der Waals surface area contributed by atoms with Crippen LogP contribution in [0.2, 0.25) is 0 Å². The lowest BCUT2D eigenvalue weighted by atomic mass is 10.2. The Morgan fingerprint density at radius 2 is 1.56 bits per heavy atom. The van der Waals surface area contributed by atoms with Crippen molar-refractivity contribution in [1.82, 2.24) is 0 Å². The van der Waals surface area contributed by atoms with Crippen LogP contribution in [0.25, 0.3) is 0 Å². The Morgan fingerprint density at radius 3 is 2.08 bits per heavy atom. The van der Waals surface area contributed by atoms with E-state index in [1.807, 2.05) is 0 Å². The summed E-state index contributed by atoms with van der Waals surface area (Å²) in [5.41, 5.74) is -1.05. The SMILES string of the molecule is COc1ccc(OCc2c(F)c(F)c(F)c(F)c2S(C)(=O)=O)cc1F. The van der Waals surface area contributed by atoms with E-state index in [0.29, 0.717) is 6.26 Å². The molecule has 0 aliphatic rings. The smallest absolute Gasteiger partial charge is 0.198 e. The van der Waals surface area contributed by atoms with E-state index in [1.165, 1.54) is 19.2 Å². The molecule has 2 aromatic carbocycles. The number of methoxy groups -OCH3 is 1. The molecule has 0 aromatic heterocycles. The fourth-order valence-corrected chi connectivity index (χ4v) is 3.08. The summed E-state index contributed by atoms with van der Waals surface area (Å²) in [5, 5.41) is 0. The van der Waals surface area contributed by atoms with Crippen molar-refractivity contribution >= 4 is 9.84 Å². The lowest BCUT2D eigenvalue weighted by Gasteiger charge is -2.13. The van der Waals surface area contributed by atoms with Crippen LogP contribution in [0.4, 0.5) is 22.0 Å². The van der Waals surface area contributed by atoms with E-state index in [9.17, 15) is 30.4 Å². The van der Waals surface area contributed by atoms with Gasteiger partial charge in [-0.05, 0) is 12.1 Å². The molecule has 4 nitrogen and oxygen atoms in total. The summed E-state index contributed by atoms with van der Waals surface area (Å²) in [7, 11) is -3.23. The summed E-state index contributed by atoms with van der Waals surface area (Å²) in [4.78, 5) is -1.36. The van der Waals surface area contributed by atoms with E-state index in [1.54, 1.807) is 0 Å². The van der Waals surface area contributed by atoms with E-state index in [2.05, 4.69) is 4.74 Å². The van der Waals surface area contributed by atoms with Crippen LogP contribution in [0.15, 0.2) is 23.1 Å². The van der Waals surface area contributed by atoms with Gasteiger partial charge in [0.15, 0.2) is 44.7 Å². The second-order valence-electron chi connectivity index (χ2n) is 4.92. The number of sulfone groups is 1. The average Bonchev–Trinajstić information content (AvgIpc) is 2.53. The second-order valence-corrected chi connectivity index (χ2v) is 6.87. The molecular weight excluding hydrogens is 371 g/mol. The van der Waals surface area contributed by atoms with Gasteiger partial charge in [0.2, 0.25) is 0 Å². The normalized spacial score (nSPS) is 11.5. The van der Waals surface area contributed by atoms with Crippen LogP contribution in [0, 0.1) is 29.1 Å². The van der Waals surface area contributed by atoms with Gasteiger partial charge < -0.3 is 9.47 Å². The van der Waals surface area contributed by atoms with Gasteiger partial charge in [-0.3, -0.25) is 0 Å². The van der Waals surface area contributed by atoms with Crippen LogP contribution in [0.1, 0.15) is 5.56 Å². The highest BCUT2D eigenvalue weighted by Crippen LogP contribution is 2.30. The highest BCUT2D eigenvalue weighted by Gasteiger charge is 2.30. The third-order valence-electron chi connectivity index (χ3n) is 3.19. The maximum Gasteiger partial charge on any atom is 0.198 e. The van der Waals surface area contributed by atoms with Crippen molar-refractivity contribution in [1.29, 1.82) is 0 Å². The van der Waals surface area contributed by atoms with E-state index >= 15 is 0 Å². The molecule has 0 amide bonds. The maximum absolute atomic E-state index is 13.9. The zero-order valence-corrected chi connectivity index (χ0v) is 13.7. The van der Waals surface area contributed by atoms with Gasteiger partial charge in [0.1, 0.15) is 17.3 Å². The molecule has 0 N–H and O–H groups in total. The highest BCUT2D eigenvalue weighted by atomic mass is 32.2. The lowest BCUT2D eigenvalue weighted by molar-refractivity contribution is 0.283. The zero-order valence-electron chi connectivity index (χ0n) is 12.9. The first-order valence-electron chi connectivity index (χ1n) is 6.59. The predicted molar refractivity (Wildman–Crippen MR) is 76.7 cm³/mol. The van der Waals surface area contributed by atoms with E-state index in [-0.39, 0.29) is 11.5 Å². The van der Waals surface area contributed by atoms with Crippen molar-refractivity contribution in [2.24, 2.45) is 0 Å². The van der Waals surface area contributed by atoms with Crippen LogP contribution in [0.3, 0.4) is 0 Å². The second kappa shape index (κ2) is 6.87. The molecule has 0 radical (unpaired) electrons. The summed E-state index contributed by atoms with van der Waals surface area (Å²) < 4.78 is 101. The molecule has 2 aromatic rings. The molecule has 2 rings (SSSR count). The van der Waals surface area contributed by atoms with E-state index in [4.69, 9.17) is 4.74 Å². The van der Waals surface area contributed by atoms with Crippen LogP contribution in [0.5, 0.6) is 11.5 Å². The standard InChI is InChI=1S/C15H11F5O4S/c1-23-10-4-3-7(5-9(10)16)24-6-8-11(17)12(18)13(19)14(20)15(8)25(2,21)22/h3-5H,6H2,1-2H3. The number of hydrogen-bond donors (Lipinski definition) is 0. The lowest BCUT2D eigenvalue weighted by Crippen LogP contribution is -2.15. The molecule has 0 aliphatic carbocycles. The van der Waals surface area contributed by atoms with Crippen molar-refractivity contribution in [3.05, 3.63) is 52.8 Å². The van der Waals surface area contributed by atoms with E-state index < -0.39 is 56.0 Å². The number of ether oxygens (including phenoxy) is 2. The Labute approximate surface area is 139 Å². The van der Waals surface area contributed by atoms with Gasteiger partial charge in [0, 0.05) is 17.9 Å². The largest absolute Gasteiger partial charge is 0.494 e. The van der Waals surface area contributed by atoms with Gasteiger partial charge in [-0.2, -0.15) is 0 Å². The molecule has 0 spiro atoms. The van der Waals surface area contributed by atoms with Crippen molar-refractivity contribution in [3.8, 4) is 11.5 Å². The number of halogens is 5. The predicted octanol–water partition coefficient (Wildman–Crippen LogP) is 3.37. The monoisotopic (exact) mass is 382 g/mol. The minimum Gasteiger partial charge on any atom is -0.494 e. The molecule has 0 bridgehead atoms. The summed E-state index contributed by atoms with van der Waals surface area (Å²) in [5.74, 6) is -9.53. The molecule has 25 heavy (non-hydrogen) atoms. The van der Waals surface area contributed by atoms with Crippen molar-refractivity contribution < 1.29 is 39.8 Å². The van der Waals surface area contributed by atoms with Crippen LogP contribution < -0.4 is 9.47 Å². The first-order valence-corrected chi connectivity index (χ1v) is 8.48.